The van der Waals surface area contributed by atoms with Crippen LogP contribution in [0.4, 0.5) is 0 Å². The average molecular weight is 366 g/mol. The zero-order valence-corrected chi connectivity index (χ0v) is 16.8. The van der Waals surface area contributed by atoms with Crippen molar-refractivity contribution in [3.05, 3.63) is 0 Å². The van der Waals surface area contributed by atoms with Crippen molar-refractivity contribution in [3.8, 4) is 0 Å². The fourth-order valence-electron chi connectivity index (χ4n) is 5.14. The number of nitrogens with zero attached hydrogens (tertiary/aromatic N) is 3. The molecule has 0 unspecified atom stereocenters. The second-order valence-electron chi connectivity index (χ2n) is 8.62. The molecule has 2 heterocycles. The summed E-state index contributed by atoms with van der Waals surface area (Å²) < 4.78 is 5.15. The van der Waals surface area contributed by atoms with Gasteiger partial charge in [-0.05, 0) is 64.1 Å². The van der Waals surface area contributed by atoms with Crippen molar-refractivity contribution in [2.24, 2.45) is 5.92 Å². The Balaban J connectivity index is 1.50. The lowest BCUT2D eigenvalue weighted by molar-refractivity contribution is -0.136. The quantitative estimate of drug-likeness (QED) is 0.662. The van der Waals surface area contributed by atoms with Crippen molar-refractivity contribution < 1.29 is 9.53 Å². The molecule has 1 aliphatic carbocycles. The Morgan fingerprint density at radius 1 is 1.00 bits per heavy atom. The lowest BCUT2D eigenvalue weighted by Crippen LogP contribution is -2.48. The number of rotatable bonds is 8. The van der Waals surface area contributed by atoms with Gasteiger partial charge in [0, 0.05) is 39.3 Å². The van der Waals surface area contributed by atoms with Crippen LogP contribution in [-0.4, -0.2) is 86.2 Å². The molecule has 1 amide bonds. The van der Waals surface area contributed by atoms with E-state index in [1.54, 1.807) is 7.11 Å². The standard InChI is InChI=1S/C21H39N3O2/c1-26-18-21(25)24(15-14-22-11-5-2-6-12-22)17-19-8-7-13-23(16-19)20-9-3-4-10-20/h19-20H,2-18H2,1H3/t19-/m0/s1. The third-order valence-electron chi connectivity index (χ3n) is 6.63. The fourth-order valence-corrected chi connectivity index (χ4v) is 5.14. The Morgan fingerprint density at radius 3 is 2.50 bits per heavy atom. The highest BCUT2D eigenvalue weighted by atomic mass is 16.5. The molecule has 5 heteroatoms. The molecule has 0 N–H and O–H groups in total. The van der Waals surface area contributed by atoms with Gasteiger partial charge in [0.15, 0.2) is 0 Å². The van der Waals surface area contributed by atoms with Crippen LogP contribution in [0.25, 0.3) is 0 Å². The van der Waals surface area contributed by atoms with Crippen LogP contribution in [0.5, 0.6) is 0 Å². The predicted octanol–water partition coefficient (Wildman–Crippen LogP) is 2.60. The number of amides is 1. The number of hydrogen-bond acceptors (Lipinski definition) is 4. The van der Waals surface area contributed by atoms with Crippen LogP contribution in [0.15, 0.2) is 0 Å². The highest BCUT2D eigenvalue weighted by Crippen LogP contribution is 2.28. The van der Waals surface area contributed by atoms with Crippen LogP contribution in [0, 0.1) is 5.92 Å². The van der Waals surface area contributed by atoms with Gasteiger partial charge in [-0.1, -0.05) is 19.3 Å². The van der Waals surface area contributed by atoms with E-state index in [-0.39, 0.29) is 12.5 Å². The summed E-state index contributed by atoms with van der Waals surface area (Å²) in [7, 11) is 1.63. The Morgan fingerprint density at radius 2 is 1.77 bits per heavy atom. The molecule has 0 bridgehead atoms. The third kappa shape index (κ3) is 5.93. The van der Waals surface area contributed by atoms with Crippen LogP contribution in [-0.2, 0) is 9.53 Å². The van der Waals surface area contributed by atoms with Gasteiger partial charge in [0.2, 0.25) is 5.91 Å². The average Bonchev–Trinajstić information content (AvgIpc) is 3.21. The molecule has 0 radical (unpaired) electrons. The molecule has 0 aromatic rings. The Labute approximate surface area is 160 Å². The van der Waals surface area contributed by atoms with E-state index < -0.39 is 0 Å². The van der Waals surface area contributed by atoms with Crippen molar-refractivity contribution in [1.29, 1.82) is 0 Å². The van der Waals surface area contributed by atoms with E-state index in [1.807, 2.05) is 0 Å². The van der Waals surface area contributed by atoms with Gasteiger partial charge in [-0.2, -0.15) is 0 Å². The van der Waals surface area contributed by atoms with E-state index in [9.17, 15) is 4.79 Å². The molecule has 3 aliphatic rings. The van der Waals surface area contributed by atoms with E-state index in [2.05, 4.69) is 14.7 Å². The largest absolute Gasteiger partial charge is 0.375 e. The van der Waals surface area contributed by atoms with E-state index >= 15 is 0 Å². The normalized spacial score (nSPS) is 26.3. The number of carbonyl (C=O) groups excluding carboxylic acids is 1. The summed E-state index contributed by atoms with van der Waals surface area (Å²) >= 11 is 0. The van der Waals surface area contributed by atoms with E-state index in [4.69, 9.17) is 4.74 Å². The summed E-state index contributed by atoms with van der Waals surface area (Å²) in [5.41, 5.74) is 0. The minimum absolute atomic E-state index is 0.169. The molecule has 2 saturated heterocycles. The minimum atomic E-state index is 0.169. The van der Waals surface area contributed by atoms with Gasteiger partial charge in [-0.3, -0.25) is 4.79 Å². The number of likely N-dealkylation sites (tertiary alicyclic amines) is 2. The number of piperidine rings is 2. The highest BCUT2D eigenvalue weighted by Gasteiger charge is 2.29. The van der Waals surface area contributed by atoms with Gasteiger partial charge in [-0.15, -0.1) is 0 Å². The molecule has 3 fully saturated rings. The predicted molar refractivity (Wildman–Crippen MR) is 105 cm³/mol. The summed E-state index contributed by atoms with van der Waals surface area (Å²) in [5, 5.41) is 0. The highest BCUT2D eigenvalue weighted by molar-refractivity contribution is 5.77. The zero-order chi connectivity index (χ0) is 18.2. The molecule has 2 aliphatic heterocycles. The number of ether oxygens (including phenoxy) is 1. The lowest BCUT2D eigenvalue weighted by atomic mass is 9.95. The van der Waals surface area contributed by atoms with Crippen LogP contribution in [0.2, 0.25) is 0 Å². The van der Waals surface area contributed by atoms with Crippen LogP contribution >= 0.6 is 0 Å². The van der Waals surface area contributed by atoms with Crippen molar-refractivity contribution >= 4 is 5.91 Å². The first-order chi connectivity index (χ1) is 12.8. The van der Waals surface area contributed by atoms with Gasteiger partial charge in [-0.25, -0.2) is 0 Å². The first kappa shape index (κ1) is 20.1. The monoisotopic (exact) mass is 365 g/mol. The van der Waals surface area contributed by atoms with Gasteiger partial charge in [0.05, 0.1) is 0 Å². The number of carbonyl (C=O) groups is 1. The van der Waals surface area contributed by atoms with Gasteiger partial charge < -0.3 is 19.4 Å². The Bertz CT molecular complexity index is 419. The molecule has 1 atom stereocenters. The van der Waals surface area contributed by atoms with E-state index in [0.29, 0.717) is 5.92 Å². The molecule has 1 saturated carbocycles. The second-order valence-corrected chi connectivity index (χ2v) is 8.62. The van der Waals surface area contributed by atoms with Gasteiger partial charge >= 0.3 is 0 Å². The molecule has 150 valence electrons. The van der Waals surface area contributed by atoms with E-state index in [0.717, 1.165) is 25.7 Å². The summed E-state index contributed by atoms with van der Waals surface area (Å²) in [6.45, 7) is 7.87. The molecule has 26 heavy (non-hydrogen) atoms. The maximum Gasteiger partial charge on any atom is 0.248 e. The van der Waals surface area contributed by atoms with Crippen LogP contribution in [0.3, 0.4) is 0 Å². The maximum absolute atomic E-state index is 12.6. The summed E-state index contributed by atoms with van der Waals surface area (Å²) in [6.07, 6.45) is 12.1. The van der Waals surface area contributed by atoms with Crippen LogP contribution in [0.1, 0.15) is 57.8 Å². The van der Waals surface area contributed by atoms with Crippen molar-refractivity contribution in [1.82, 2.24) is 14.7 Å². The van der Waals surface area contributed by atoms with Crippen molar-refractivity contribution in [2.75, 3.05) is 59.5 Å². The van der Waals surface area contributed by atoms with Crippen molar-refractivity contribution in [2.45, 2.75) is 63.8 Å². The number of methoxy groups -OCH3 is 1. The first-order valence-corrected chi connectivity index (χ1v) is 11.0. The molecule has 0 aromatic carbocycles. The smallest absolute Gasteiger partial charge is 0.248 e. The molecule has 0 spiro atoms. The Hall–Kier alpha value is -0.650. The maximum atomic E-state index is 12.6. The number of hydrogen-bond donors (Lipinski definition) is 0. The lowest BCUT2D eigenvalue weighted by Gasteiger charge is -2.39. The molecule has 3 rings (SSSR count). The third-order valence-corrected chi connectivity index (χ3v) is 6.63. The minimum Gasteiger partial charge on any atom is -0.375 e. The van der Waals surface area contributed by atoms with Crippen molar-refractivity contribution in [3.63, 3.8) is 0 Å². The zero-order valence-electron chi connectivity index (χ0n) is 16.8. The fraction of sp³-hybridized carbons (Fsp3) is 0.952. The summed E-state index contributed by atoms with van der Waals surface area (Å²) in [5.74, 6) is 0.800. The topological polar surface area (TPSA) is 36.0 Å². The molecular weight excluding hydrogens is 326 g/mol. The summed E-state index contributed by atoms with van der Waals surface area (Å²) in [4.78, 5) is 20.0. The SMILES string of the molecule is COCC(=O)N(CCN1CCCCC1)C[C@H]1CCCN(C2CCCC2)C1. The van der Waals surface area contributed by atoms with E-state index in [1.165, 1.54) is 84.0 Å². The molecule has 0 aromatic heterocycles. The van der Waals surface area contributed by atoms with Crippen LogP contribution < -0.4 is 0 Å². The molecular formula is C21H39N3O2. The first-order valence-electron chi connectivity index (χ1n) is 11.0. The van der Waals surface area contributed by atoms with Gasteiger partial charge in [0.25, 0.3) is 0 Å². The second kappa shape index (κ2) is 10.6. The van der Waals surface area contributed by atoms with Gasteiger partial charge in [0.1, 0.15) is 6.61 Å². The summed E-state index contributed by atoms with van der Waals surface area (Å²) in [6, 6.07) is 0.814. The molecule has 5 nitrogen and oxygen atoms in total. The Kier molecular flexibility index (Phi) is 8.21.